The molecule has 0 radical (unpaired) electrons. The van der Waals surface area contributed by atoms with E-state index in [4.69, 9.17) is 11.6 Å². The van der Waals surface area contributed by atoms with Gasteiger partial charge in [-0.15, -0.1) is 11.6 Å². The SMILES string of the molecule is C=C(CCl)c1ccc(C(=O)OC)cn1. The average Bonchev–Trinajstić information content (AvgIpc) is 2.27. The molecule has 0 unspecified atom stereocenters. The molecule has 1 heterocycles. The minimum atomic E-state index is -0.402. The van der Waals surface area contributed by atoms with Crippen molar-refractivity contribution in [3.8, 4) is 0 Å². The first kappa shape index (κ1) is 10.7. The third kappa shape index (κ3) is 2.33. The summed E-state index contributed by atoms with van der Waals surface area (Å²) in [4.78, 5) is 15.1. The molecule has 0 bridgehead atoms. The van der Waals surface area contributed by atoms with Crippen LogP contribution in [-0.4, -0.2) is 23.9 Å². The molecule has 0 atom stereocenters. The zero-order valence-corrected chi connectivity index (χ0v) is 8.54. The van der Waals surface area contributed by atoms with Crippen LogP contribution in [0.15, 0.2) is 24.9 Å². The predicted molar refractivity (Wildman–Crippen MR) is 55.3 cm³/mol. The second-order valence-electron chi connectivity index (χ2n) is 2.66. The molecule has 0 saturated heterocycles. The van der Waals surface area contributed by atoms with E-state index in [2.05, 4.69) is 16.3 Å². The van der Waals surface area contributed by atoms with Gasteiger partial charge in [-0.05, 0) is 17.7 Å². The molecule has 0 saturated carbocycles. The molecule has 0 aliphatic heterocycles. The highest BCUT2D eigenvalue weighted by atomic mass is 35.5. The number of hydrogen-bond donors (Lipinski definition) is 0. The molecular weight excluding hydrogens is 202 g/mol. The second-order valence-corrected chi connectivity index (χ2v) is 2.93. The number of allylic oxidation sites excluding steroid dienone is 1. The van der Waals surface area contributed by atoms with E-state index in [1.54, 1.807) is 12.1 Å². The number of nitrogens with zero attached hydrogens (tertiary/aromatic N) is 1. The fraction of sp³-hybridized carbons (Fsp3) is 0.200. The Bertz CT molecular complexity index is 311. The normalized spacial score (nSPS) is 9.57. The summed E-state index contributed by atoms with van der Waals surface area (Å²) in [5, 5.41) is 0. The van der Waals surface area contributed by atoms with Crippen LogP contribution in [0, 0.1) is 0 Å². The van der Waals surface area contributed by atoms with Crippen LogP contribution in [0.1, 0.15) is 16.1 Å². The fourth-order valence-corrected chi connectivity index (χ4v) is 1.05. The van der Waals surface area contributed by atoms with Crippen LogP contribution in [0.25, 0.3) is 5.57 Å². The van der Waals surface area contributed by atoms with E-state index in [0.717, 1.165) is 5.57 Å². The van der Waals surface area contributed by atoms with E-state index in [1.807, 2.05) is 0 Å². The summed E-state index contributed by atoms with van der Waals surface area (Å²) in [5.74, 6) is -0.0783. The molecular formula is C10H10ClNO2. The molecule has 74 valence electrons. The molecule has 1 aromatic heterocycles. The molecule has 1 aromatic rings. The van der Waals surface area contributed by atoms with Crippen LogP contribution >= 0.6 is 11.6 Å². The second kappa shape index (κ2) is 4.77. The van der Waals surface area contributed by atoms with Gasteiger partial charge in [-0.3, -0.25) is 4.98 Å². The summed E-state index contributed by atoms with van der Waals surface area (Å²) >= 11 is 5.58. The minimum Gasteiger partial charge on any atom is -0.465 e. The van der Waals surface area contributed by atoms with Crippen LogP contribution in [-0.2, 0) is 4.74 Å². The van der Waals surface area contributed by atoms with E-state index < -0.39 is 5.97 Å². The third-order valence-electron chi connectivity index (χ3n) is 1.71. The molecule has 0 spiro atoms. The highest BCUT2D eigenvalue weighted by Crippen LogP contribution is 2.11. The first-order valence-electron chi connectivity index (χ1n) is 3.97. The number of carbonyl (C=O) groups is 1. The number of rotatable bonds is 3. The van der Waals surface area contributed by atoms with Gasteiger partial charge in [-0.2, -0.15) is 0 Å². The lowest BCUT2D eigenvalue weighted by Crippen LogP contribution is -2.02. The highest BCUT2D eigenvalue weighted by Gasteiger charge is 2.06. The maximum absolute atomic E-state index is 11.1. The van der Waals surface area contributed by atoms with E-state index in [-0.39, 0.29) is 0 Å². The monoisotopic (exact) mass is 211 g/mol. The largest absolute Gasteiger partial charge is 0.465 e. The van der Waals surface area contributed by atoms with E-state index in [1.165, 1.54) is 13.3 Å². The molecule has 4 heteroatoms. The summed E-state index contributed by atoms with van der Waals surface area (Å²) in [6.07, 6.45) is 1.44. The van der Waals surface area contributed by atoms with Crippen molar-refractivity contribution in [2.45, 2.75) is 0 Å². The number of aromatic nitrogens is 1. The van der Waals surface area contributed by atoms with E-state index in [9.17, 15) is 4.79 Å². The van der Waals surface area contributed by atoms with Gasteiger partial charge < -0.3 is 4.74 Å². The zero-order valence-electron chi connectivity index (χ0n) is 7.79. The number of alkyl halides is 1. The summed E-state index contributed by atoms with van der Waals surface area (Å²) in [6.45, 7) is 3.73. The quantitative estimate of drug-likeness (QED) is 0.568. The number of esters is 1. The van der Waals surface area contributed by atoms with Gasteiger partial charge in [0.1, 0.15) is 0 Å². The number of halogens is 1. The Labute approximate surface area is 87.4 Å². The third-order valence-corrected chi connectivity index (χ3v) is 2.03. The smallest absolute Gasteiger partial charge is 0.339 e. The van der Waals surface area contributed by atoms with Crippen molar-refractivity contribution in [1.82, 2.24) is 4.98 Å². The molecule has 0 aliphatic rings. The molecule has 3 nitrogen and oxygen atoms in total. The van der Waals surface area contributed by atoms with Gasteiger partial charge in [-0.1, -0.05) is 6.58 Å². The Kier molecular flexibility index (Phi) is 3.65. The Morgan fingerprint density at radius 3 is 2.79 bits per heavy atom. The number of carbonyl (C=O) groups excluding carboxylic acids is 1. The van der Waals surface area contributed by atoms with Crippen LogP contribution in [0.4, 0.5) is 0 Å². The molecule has 0 aromatic carbocycles. The van der Waals surface area contributed by atoms with E-state index in [0.29, 0.717) is 17.1 Å². The van der Waals surface area contributed by atoms with Gasteiger partial charge in [0.2, 0.25) is 0 Å². The van der Waals surface area contributed by atoms with Gasteiger partial charge in [0.25, 0.3) is 0 Å². The first-order valence-corrected chi connectivity index (χ1v) is 4.51. The van der Waals surface area contributed by atoms with Gasteiger partial charge in [0.15, 0.2) is 0 Å². The lowest BCUT2D eigenvalue weighted by Gasteiger charge is -2.02. The Hall–Kier alpha value is -1.35. The number of pyridine rings is 1. The van der Waals surface area contributed by atoms with Crippen LogP contribution in [0.2, 0.25) is 0 Å². The lowest BCUT2D eigenvalue weighted by molar-refractivity contribution is 0.0600. The predicted octanol–water partition coefficient (Wildman–Crippen LogP) is 2.12. The lowest BCUT2D eigenvalue weighted by atomic mass is 10.2. The van der Waals surface area contributed by atoms with Crippen molar-refractivity contribution < 1.29 is 9.53 Å². The highest BCUT2D eigenvalue weighted by molar-refractivity contribution is 6.22. The summed E-state index contributed by atoms with van der Waals surface area (Å²) in [7, 11) is 1.33. The molecule has 0 N–H and O–H groups in total. The average molecular weight is 212 g/mol. The van der Waals surface area contributed by atoms with Crippen molar-refractivity contribution in [3.05, 3.63) is 36.2 Å². The maximum atomic E-state index is 11.1. The zero-order chi connectivity index (χ0) is 10.6. The number of hydrogen-bond acceptors (Lipinski definition) is 3. The molecule has 14 heavy (non-hydrogen) atoms. The molecule has 0 fully saturated rings. The van der Waals surface area contributed by atoms with Gasteiger partial charge in [0, 0.05) is 12.1 Å². The Morgan fingerprint density at radius 1 is 1.64 bits per heavy atom. The molecule has 0 aliphatic carbocycles. The summed E-state index contributed by atoms with van der Waals surface area (Å²) in [6, 6.07) is 3.32. The van der Waals surface area contributed by atoms with Crippen LogP contribution in [0.5, 0.6) is 0 Å². The van der Waals surface area contributed by atoms with Gasteiger partial charge in [0.05, 0.1) is 18.4 Å². The summed E-state index contributed by atoms with van der Waals surface area (Å²) < 4.78 is 4.54. The van der Waals surface area contributed by atoms with E-state index >= 15 is 0 Å². The fourth-order valence-electron chi connectivity index (χ4n) is 0.910. The van der Waals surface area contributed by atoms with Gasteiger partial charge >= 0.3 is 5.97 Å². The van der Waals surface area contributed by atoms with Crippen LogP contribution in [0.3, 0.4) is 0 Å². The number of methoxy groups -OCH3 is 1. The van der Waals surface area contributed by atoms with Crippen molar-refractivity contribution in [1.29, 1.82) is 0 Å². The number of ether oxygens (including phenoxy) is 1. The molecule has 1 rings (SSSR count). The minimum absolute atomic E-state index is 0.324. The van der Waals surface area contributed by atoms with Crippen LogP contribution < -0.4 is 0 Å². The Balaban J connectivity index is 2.89. The topological polar surface area (TPSA) is 39.2 Å². The standard InChI is InChI=1S/C10H10ClNO2/c1-7(5-11)9-4-3-8(6-12-9)10(13)14-2/h3-4,6H,1,5H2,2H3. The van der Waals surface area contributed by atoms with Crippen molar-refractivity contribution in [3.63, 3.8) is 0 Å². The van der Waals surface area contributed by atoms with Crippen molar-refractivity contribution >= 4 is 23.1 Å². The van der Waals surface area contributed by atoms with Crippen molar-refractivity contribution in [2.24, 2.45) is 0 Å². The Morgan fingerprint density at radius 2 is 2.36 bits per heavy atom. The summed E-state index contributed by atoms with van der Waals surface area (Å²) in [5.41, 5.74) is 1.83. The molecule has 0 amide bonds. The van der Waals surface area contributed by atoms with Crippen molar-refractivity contribution in [2.75, 3.05) is 13.0 Å². The first-order chi connectivity index (χ1) is 6.69. The maximum Gasteiger partial charge on any atom is 0.339 e. The van der Waals surface area contributed by atoms with Gasteiger partial charge in [-0.25, -0.2) is 4.79 Å².